The summed E-state index contributed by atoms with van der Waals surface area (Å²) in [5.41, 5.74) is 3.25. The summed E-state index contributed by atoms with van der Waals surface area (Å²) in [7, 11) is 4.35. The lowest BCUT2D eigenvalue weighted by Gasteiger charge is -2.26. The van der Waals surface area contributed by atoms with Crippen molar-refractivity contribution in [2.75, 3.05) is 32.5 Å². The fourth-order valence-corrected chi connectivity index (χ4v) is 3.01. The minimum atomic E-state index is 0.734. The van der Waals surface area contributed by atoms with Gasteiger partial charge in [0.2, 0.25) is 0 Å². The van der Waals surface area contributed by atoms with Crippen LogP contribution >= 0.6 is 23.8 Å². The molecular formula is C20H27ClN3S+. The van der Waals surface area contributed by atoms with E-state index in [1.54, 1.807) is 0 Å². The third kappa shape index (κ3) is 6.65. The molecule has 0 atom stereocenters. The van der Waals surface area contributed by atoms with Crippen LogP contribution in [-0.2, 0) is 6.54 Å². The molecular weight excluding hydrogens is 350 g/mol. The third-order valence-corrected chi connectivity index (χ3v) is 4.80. The van der Waals surface area contributed by atoms with Gasteiger partial charge in [-0.2, -0.15) is 0 Å². The van der Waals surface area contributed by atoms with E-state index in [2.05, 4.69) is 48.6 Å². The van der Waals surface area contributed by atoms with Crippen LogP contribution in [0.25, 0.3) is 0 Å². The lowest BCUT2D eigenvalue weighted by molar-refractivity contribution is -0.858. The first-order valence-corrected chi connectivity index (χ1v) is 9.39. The average molecular weight is 377 g/mol. The number of thiocarbonyl (C=S) groups is 1. The van der Waals surface area contributed by atoms with E-state index in [9.17, 15) is 0 Å². The fraction of sp³-hybridized carbons (Fsp3) is 0.350. The molecule has 2 aromatic carbocycles. The Balaban J connectivity index is 2.06. The van der Waals surface area contributed by atoms with Gasteiger partial charge in [-0.25, -0.2) is 0 Å². The van der Waals surface area contributed by atoms with Crippen LogP contribution in [0.5, 0.6) is 0 Å². The molecule has 0 spiro atoms. The monoisotopic (exact) mass is 376 g/mol. The van der Waals surface area contributed by atoms with Crippen LogP contribution in [0.15, 0.2) is 48.5 Å². The number of nitrogens with one attached hydrogen (secondary N) is 2. The highest BCUT2D eigenvalue weighted by atomic mass is 35.5. The summed E-state index contributed by atoms with van der Waals surface area (Å²) in [4.78, 5) is 3.67. The predicted molar refractivity (Wildman–Crippen MR) is 112 cm³/mol. The van der Waals surface area contributed by atoms with E-state index >= 15 is 0 Å². The summed E-state index contributed by atoms with van der Waals surface area (Å²) < 4.78 is 0. The Kier molecular flexibility index (Phi) is 7.69. The van der Waals surface area contributed by atoms with Crippen molar-refractivity contribution in [3.63, 3.8) is 0 Å². The Morgan fingerprint density at radius 1 is 1.16 bits per heavy atom. The van der Waals surface area contributed by atoms with E-state index in [0.717, 1.165) is 47.4 Å². The lowest BCUT2D eigenvalue weighted by Crippen LogP contribution is -3.05. The second-order valence-electron chi connectivity index (χ2n) is 6.61. The van der Waals surface area contributed by atoms with Crippen molar-refractivity contribution < 1.29 is 4.90 Å². The number of halogens is 1. The molecule has 0 bridgehead atoms. The number of quaternary nitrogens is 1. The second kappa shape index (κ2) is 9.76. The van der Waals surface area contributed by atoms with Crippen molar-refractivity contribution in [2.24, 2.45) is 0 Å². The van der Waals surface area contributed by atoms with Gasteiger partial charge >= 0.3 is 0 Å². The molecule has 0 heterocycles. The number of hydrogen-bond acceptors (Lipinski definition) is 1. The van der Waals surface area contributed by atoms with Crippen molar-refractivity contribution in [3.8, 4) is 0 Å². The SMILES string of the molecule is Cc1ccc(NC(=S)N(CCC[NH+](C)C)Cc2ccccc2)cc1Cl. The highest BCUT2D eigenvalue weighted by Crippen LogP contribution is 2.20. The molecule has 0 amide bonds. The minimum absolute atomic E-state index is 0.734. The maximum Gasteiger partial charge on any atom is 0.173 e. The first-order chi connectivity index (χ1) is 12.0. The molecule has 0 saturated heterocycles. The normalized spacial score (nSPS) is 10.8. The largest absolute Gasteiger partial charge is 0.344 e. The molecule has 5 heteroatoms. The molecule has 0 radical (unpaired) electrons. The molecule has 3 nitrogen and oxygen atoms in total. The maximum atomic E-state index is 6.23. The number of anilines is 1. The van der Waals surface area contributed by atoms with Gasteiger partial charge in [-0.1, -0.05) is 48.0 Å². The quantitative estimate of drug-likeness (QED) is 0.723. The van der Waals surface area contributed by atoms with Crippen molar-refractivity contribution in [1.29, 1.82) is 0 Å². The Morgan fingerprint density at radius 3 is 2.52 bits per heavy atom. The van der Waals surface area contributed by atoms with Crippen LogP contribution in [0.1, 0.15) is 17.5 Å². The van der Waals surface area contributed by atoms with E-state index in [0.29, 0.717) is 0 Å². The van der Waals surface area contributed by atoms with Crippen molar-refractivity contribution >= 4 is 34.6 Å². The third-order valence-electron chi connectivity index (χ3n) is 4.03. The van der Waals surface area contributed by atoms with E-state index < -0.39 is 0 Å². The Morgan fingerprint density at radius 2 is 1.88 bits per heavy atom. The van der Waals surface area contributed by atoms with E-state index in [-0.39, 0.29) is 0 Å². The molecule has 134 valence electrons. The Hall–Kier alpha value is -1.62. The fourth-order valence-electron chi connectivity index (χ4n) is 2.55. The number of hydrogen-bond donors (Lipinski definition) is 2. The van der Waals surface area contributed by atoms with Gasteiger partial charge in [0, 0.05) is 30.2 Å². The van der Waals surface area contributed by atoms with Crippen LogP contribution in [0.3, 0.4) is 0 Å². The van der Waals surface area contributed by atoms with Gasteiger partial charge in [0.05, 0.1) is 20.6 Å². The number of nitrogens with zero attached hydrogens (tertiary/aromatic N) is 1. The van der Waals surface area contributed by atoms with Crippen LogP contribution < -0.4 is 10.2 Å². The molecule has 0 unspecified atom stereocenters. The van der Waals surface area contributed by atoms with E-state index in [1.165, 1.54) is 10.5 Å². The Labute approximate surface area is 161 Å². The number of benzene rings is 2. The standard InChI is InChI=1S/C20H26ClN3S/c1-16-10-11-18(14-19(16)21)22-20(25)24(13-7-12-23(2)3)15-17-8-5-4-6-9-17/h4-6,8-11,14H,7,12-13,15H2,1-3H3,(H,22,25)/p+1. The first-order valence-electron chi connectivity index (χ1n) is 8.60. The highest BCUT2D eigenvalue weighted by molar-refractivity contribution is 7.80. The molecule has 0 saturated carbocycles. The topological polar surface area (TPSA) is 19.7 Å². The number of aryl methyl sites for hydroxylation is 1. The van der Waals surface area contributed by atoms with Gasteiger partial charge in [0.15, 0.2) is 5.11 Å². The molecule has 2 N–H and O–H groups in total. The summed E-state index contributed by atoms with van der Waals surface area (Å²) >= 11 is 11.9. The van der Waals surface area contributed by atoms with Crippen molar-refractivity contribution in [1.82, 2.24) is 4.90 Å². The van der Waals surface area contributed by atoms with Gasteiger partial charge in [-0.15, -0.1) is 0 Å². The molecule has 0 aliphatic rings. The van der Waals surface area contributed by atoms with E-state index in [1.807, 2.05) is 31.2 Å². The Bertz CT molecular complexity index is 689. The van der Waals surface area contributed by atoms with Crippen molar-refractivity contribution in [3.05, 3.63) is 64.7 Å². The van der Waals surface area contributed by atoms with Gasteiger partial charge in [-0.05, 0) is 42.4 Å². The molecule has 0 aliphatic carbocycles. The van der Waals surface area contributed by atoms with Gasteiger partial charge in [0.25, 0.3) is 0 Å². The van der Waals surface area contributed by atoms with Gasteiger partial charge < -0.3 is 15.1 Å². The second-order valence-corrected chi connectivity index (χ2v) is 7.41. The van der Waals surface area contributed by atoms with Gasteiger partial charge in [0.1, 0.15) is 0 Å². The molecule has 2 aromatic rings. The molecule has 0 aliphatic heterocycles. The zero-order chi connectivity index (χ0) is 18.2. The average Bonchev–Trinajstić information content (AvgIpc) is 2.58. The van der Waals surface area contributed by atoms with E-state index in [4.69, 9.17) is 23.8 Å². The van der Waals surface area contributed by atoms with Crippen LogP contribution in [0, 0.1) is 6.92 Å². The summed E-state index contributed by atoms with van der Waals surface area (Å²) in [5.74, 6) is 0. The summed E-state index contributed by atoms with van der Waals surface area (Å²) in [6, 6.07) is 16.4. The summed E-state index contributed by atoms with van der Waals surface area (Å²) in [6.45, 7) is 4.83. The van der Waals surface area contributed by atoms with Crippen LogP contribution in [-0.4, -0.2) is 37.2 Å². The lowest BCUT2D eigenvalue weighted by atomic mass is 10.2. The molecule has 0 fully saturated rings. The zero-order valence-corrected chi connectivity index (χ0v) is 16.8. The smallest absolute Gasteiger partial charge is 0.173 e. The molecule has 25 heavy (non-hydrogen) atoms. The maximum absolute atomic E-state index is 6.23. The van der Waals surface area contributed by atoms with Crippen LogP contribution in [0.2, 0.25) is 5.02 Å². The van der Waals surface area contributed by atoms with Gasteiger partial charge in [-0.3, -0.25) is 0 Å². The minimum Gasteiger partial charge on any atom is -0.344 e. The highest BCUT2D eigenvalue weighted by Gasteiger charge is 2.12. The summed E-state index contributed by atoms with van der Waals surface area (Å²) in [6.07, 6.45) is 1.09. The summed E-state index contributed by atoms with van der Waals surface area (Å²) in [5, 5.41) is 4.82. The predicted octanol–water partition coefficient (Wildman–Crippen LogP) is 3.38. The van der Waals surface area contributed by atoms with Crippen LogP contribution in [0.4, 0.5) is 5.69 Å². The van der Waals surface area contributed by atoms with Crippen molar-refractivity contribution in [2.45, 2.75) is 19.9 Å². The first kappa shape index (κ1) is 19.7. The molecule has 0 aromatic heterocycles. The molecule has 2 rings (SSSR count). The number of rotatable bonds is 7. The zero-order valence-electron chi connectivity index (χ0n) is 15.2.